The summed E-state index contributed by atoms with van der Waals surface area (Å²) in [6.07, 6.45) is 3.67. The fraction of sp³-hybridized carbons (Fsp3) is 0.500. The van der Waals surface area contributed by atoms with Gasteiger partial charge >= 0.3 is 5.97 Å². The van der Waals surface area contributed by atoms with Gasteiger partial charge in [-0.15, -0.1) is 50.9 Å². The molecule has 0 saturated heterocycles. The van der Waals surface area contributed by atoms with Gasteiger partial charge in [0.2, 0.25) is 11.8 Å². The summed E-state index contributed by atoms with van der Waals surface area (Å²) in [6.45, 7) is 2.78. The van der Waals surface area contributed by atoms with Gasteiger partial charge in [-0.1, -0.05) is 6.07 Å². The van der Waals surface area contributed by atoms with Crippen LogP contribution in [0.3, 0.4) is 0 Å². The maximum absolute atomic E-state index is 12.2. The number of rotatable bonds is 15. The third-order valence-electron chi connectivity index (χ3n) is 5.51. The molecule has 1 aromatic heterocycles. The number of aromatic nitrogens is 1. The first-order valence-electron chi connectivity index (χ1n) is 11.7. The number of carbonyl (C=O) groups is 3. The molecule has 1 heterocycles. The summed E-state index contributed by atoms with van der Waals surface area (Å²) < 4.78 is 5.38. The van der Waals surface area contributed by atoms with Crippen molar-refractivity contribution in [1.82, 2.24) is 15.6 Å². The van der Waals surface area contributed by atoms with Crippen LogP contribution in [0.2, 0.25) is 0 Å². The highest BCUT2D eigenvalue weighted by Crippen LogP contribution is 2.28. The maximum atomic E-state index is 12.2. The molecule has 38 heavy (non-hydrogen) atoms. The van der Waals surface area contributed by atoms with E-state index in [1.165, 1.54) is 0 Å². The minimum absolute atomic E-state index is 0. The van der Waals surface area contributed by atoms with Crippen molar-refractivity contribution >= 4 is 85.3 Å². The summed E-state index contributed by atoms with van der Waals surface area (Å²) in [7, 11) is 1.62. The average Bonchev–Trinajstić information content (AvgIpc) is 2.84. The molecule has 0 fully saturated rings. The van der Waals surface area contributed by atoms with Crippen molar-refractivity contribution in [2.75, 3.05) is 25.5 Å². The van der Waals surface area contributed by atoms with Gasteiger partial charge in [0, 0.05) is 30.2 Å². The van der Waals surface area contributed by atoms with Crippen molar-refractivity contribution in [2.24, 2.45) is 11.5 Å². The number of methoxy groups -OCH3 is 1. The van der Waals surface area contributed by atoms with E-state index < -0.39 is 29.9 Å². The van der Waals surface area contributed by atoms with Crippen molar-refractivity contribution in [3.63, 3.8) is 0 Å². The third kappa shape index (κ3) is 12.7. The molecule has 0 aliphatic rings. The fourth-order valence-electron chi connectivity index (χ4n) is 3.57. The van der Waals surface area contributed by atoms with E-state index in [0.29, 0.717) is 32.4 Å². The van der Waals surface area contributed by atoms with Crippen LogP contribution < -0.4 is 32.2 Å². The van der Waals surface area contributed by atoms with Crippen LogP contribution in [0.25, 0.3) is 10.9 Å². The molecule has 0 aliphatic carbocycles. The number of carbonyl (C=O) groups excluding carboxylic acids is 2. The summed E-state index contributed by atoms with van der Waals surface area (Å²) in [4.78, 5) is 40.2. The minimum atomic E-state index is -1.35. The Morgan fingerprint density at radius 1 is 1.13 bits per heavy atom. The highest BCUT2D eigenvalue weighted by atomic mass is 79.9. The molecule has 2 rings (SSSR count). The van der Waals surface area contributed by atoms with Gasteiger partial charge in [0.25, 0.3) is 0 Å². The molecule has 0 spiro atoms. The topological polar surface area (TPSA) is 182 Å². The van der Waals surface area contributed by atoms with Gasteiger partial charge in [-0.2, -0.15) is 0 Å². The minimum Gasteiger partial charge on any atom is -0.497 e. The quantitative estimate of drug-likeness (QED) is 0.150. The molecule has 1 aromatic carbocycles. The molecule has 1 unspecified atom stereocenters. The van der Waals surface area contributed by atoms with Crippen molar-refractivity contribution in [1.29, 1.82) is 0 Å². The highest BCUT2D eigenvalue weighted by molar-refractivity contribution is 8.93. The molecule has 2 amide bonds. The number of amides is 2. The van der Waals surface area contributed by atoms with Crippen LogP contribution in [-0.4, -0.2) is 66.2 Å². The number of halogens is 3. The number of nitrogens with one attached hydrogen (secondary N) is 3. The van der Waals surface area contributed by atoms with Crippen molar-refractivity contribution in [3.05, 3.63) is 30.5 Å². The molecule has 0 bridgehead atoms. The second-order valence-electron chi connectivity index (χ2n) is 8.43. The molecule has 11 nitrogen and oxygen atoms in total. The van der Waals surface area contributed by atoms with Gasteiger partial charge in [0.1, 0.15) is 11.8 Å². The zero-order valence-electron chi connectivity index (χ0n) is 21.5. The second kappa shape index (κ2) is 20.0. The molecule has 2 aromatic rings. The van der Waals surface area contributed by atoms with Gasteiger partial charge in [-0.3, -0.25) is 14.6 Å². The Balaban J connectivity index is 0. The molecular weight excluding hydrogens is 692 g/mol. The lowest BCUT2D eigenvalue weighted by Gasteiger charge is -2.18. The first-order valence-corrected chi connectivity index (χ1v) is 11.7. The molecule has 0 saturated carbocycles. The number of ether oxygens (including phenoxy) is 1. The average molecular weight is 731 g/mol. The number of carboxylic acids is 1. The smallest absolute Gasteiger partial charge is 0.326 e. The normalized spacial score (nSPS) is 12.4. The van der Waals surface area contributed by atoms with E-state index in [0.717, 1.165) is 28.8 Å². The van der Waals surface area contributed by atoms with E-state index in [9.17, 15) is 19.5 Å². The van der Waals surface area contributed by atoms with Crippen LogP contribution >= 0.6 is 50.9 Å². The van der Waals surface area contributed by atoms with Gasteiger partial charge in [-0.25, -0.2) is 4.79 Å². The van der Waals surface area contributed by atoms with Gasteiger partial charge in [0.05, 0.1) is 30.8 Å². The molecule has 216 valence electrons. The number of pyridine rings is 1. The predicted octanol–water partition coefficient (Wildman–Crippen LogP) is 2.70. The lowest BCUT2D eigenvalue weighted by molar-refractivity contribution is -0.143. The largest absolute Gasteiger partial charge is 0.497 e. The highest BCUT2D eigenvalue weighted by Gasteiger charge is 2.25. The van der Waals surface area contributed by atoms with Crippen molar-refractivity contribution in [2.45, 2.75) is 57.2 Å². The Hall–Kier alpha value is -2.00. The first-order chi connectivity index (χ1) is 16.7. The molecule has 8 N–H and O–H groups in total. The Morgan fingerprint density at radius 3 is 2.47 bits per heavy atom. The summed E-state index contributed by atoms with van der Waals surface area (Å²) in [5, 5.41) is 18.8. The van der Waals surface area contributed by atoms with Crippen LogP contribution in [-0.2, 0) is 14.4 Å². The first kappa shape index (κ1) is 38.1. The predicted molar refractivity (Wildman–Crippen MR) is 165 cm³/mol. The molecule has 3 atom stereocenters. The monoisotopic (exact) mass is 728 g/mol. The lowest BCUT2D eigenvalue weighted by Crippen LogP contribution is -2.50. The molecule has 0 radical (unpaired) electrons. The Bertz CT molecular complexity index is 1020. The van der Waals surface area contributed by atoms with Gasteiger partial charge in [0.15, 0.2) is 0 Å². The number of hydrogen-bond acceptors (Lipinski definition) is 8. The summed E-state index contributed by atoms with van der Waals surface area (Å²) in [6, 6.07) is 5.54. The number of aliphatic carboxylic acids is 1. The number of benzene rings is 1. The fourth-order valence-corrected chi connectivity index (χ4v) is 3.57. The zero-order valence-corrected chi connectivity index (χ0v) is 26.6. The second-order valence-corrected chi connectivity index (χ2v) is 8.43. The van der Waals surface area contributed by atoms with E-state index in [1.807, 2.05) is 31.2 Å². The lowest BCUT2D eigenvalue weighted by atomic mass is 10.1. The van der Waals surface area contributed by atoms with Crippen LogP contribution in [0.15, 0.2) is 30.5 Å². The number of carboxylic acid groups (broad SMARTS) is 1. The summed E-state index contributed by atoms with van der Waals surface area (Å²) in [5.74, 6) is -1.64. The van der Waals surface area contributed by atoms with Crippen LogP contribution in [0.4, 0.5) is 5.69 Å². The third-order valence-corrected chi connectivity index (χ3v) is 5.51. The van der Waals surface area contributed by atoms with E-state index >= 15 is 0 Å². The summed E-state index contributed by atoms with van der Waals surface area (Å²) >= 11 is 0. The van der Waals surface area contributed by atoms with Crippen molar-refractivity contribution in [3.8, 4) is 5.75 Å². The van der Waals surface area contributed by atoms with E-state index in [-0.39, 0.29) is 63.4 Å². The zero-order chi connectivity index (χ0) is 25.8. The standard InChI is InChI=1S/C24H36N6O5.3BrH/c1-15(29-19-13-17(35-2)12-16-7-5-11-28-22(16)19)6-4-10-27-21(31)14-20(24(33)34)30-23(32)18(26)8-3-9-25;;;/h5,7,11-13,15,18,20,29H,3-4,6,8-10,14,25-26H2,1-2H3,(H,27,31)(H,30,32)(H,33,34);3*1H/t15?,18-,20+;;;/m1.../s1. The Morgan fingerprint density at radius 2 is 1.84 bits per heavy atom. The van der Waals surface area contributed by atoms with Crippen molar-refractivity contribution < 1.29 is 24.2 Å². The summed E-state index contributed by atoms with van der Waals surface area (Å²) in [5.41, 5.74) is 12.8. The number of anilines is 1. The number of nitrogens with two attached hydrogens (primary N) is 2. The molecule has 0 aliphatic heterocycles. The molecule has 14 heteroatoms. The van der Waals surface area contributed by atoms with Crippen LogP contribution in [0.1, 0.15) is 39.0 Å². The van der Waals surface area contributed by atoms with E-state index in [2.05, 4.69) is 20.9 Å². The van der Waals surface area contributed by atoms with Crippen LogP contribution in [0.5, 0.6) is 5.75 Å². The van der Waals surface area contributed by atoms with Gasteiger partial charge in [-0.05, 0) is 51.3 Å². The molecular formula is C24H39Br3N6O5. The maximum Gasteiger partial charge on any atom is 0.326 e. The van der Waals surface area contributed by atoms with E-state index in [1.54, 1.807) is 13.3 Å². The number of hydrogen-bond donors (Lipinski definition) is 6. The SMILES string of the molecule is Br.Br.Br.COc1cc(NC(C)CCCNC(=O)C[C@H](NC(=O)[C@H](N)CCCN)C(=O)O)c2ncccc2c1. The number of fused-ring (bicyclic) bond motifs is 1. The Labute approximate surface area is 254 Å². The van der Waals surface area contributed by atoms with Crippen LogP contribution in [0, 0.1) is 0 Å². The number of nitrogens with zero attached hydrogens (tertiary/aromatic N) is 1. The van der Waals surface area contributed by atoms with E-state index in [4.69, 9.17) is 16.2 Å². The Kier molecular flexibility index (Phi) is 20.1. The van der Waals surface area contributed by atoms with Gasteiger partial charge < -0.3 is 37.3 Å².